The van der Waals surface area contributed by atoms with Gasteiger partial charge >= 0.3 is 0 Å². The molecule has 0 bridgehead atoms. The van der Waals surface area contributed by atoms with Crippen molar-refractivity contribution in [3.63, 3.8) is 0 Å². The van der Waals surface area contributed by atoms with Gasteiger partial charge in [-0.25, -0.2) is 23.9 Å². The topological polar surface area (TPSA) is 68.4 Å². The standard InChI is InChI=1S/C19H21FN6O/c20-15-9-21-19(22-10-15)25-7-5-13(6-8-25)12-27-18-4-3-17-23-16(14-1-2-14)11-26(17)24-18/h3-4,9-11,13-14H,1-2,5-8,12H2. The zero-order valence-electron chi connectivity index (χ0n) is 15.0. The third kappa shape index (κ3) is 3.56. The van der Waals surface area contributed by atoms with Crippen LogP contribution >= 0.6 is 0 Å². The quantitative estimate of drug-likeness (QED) is 0.690. The van der Waals surface area contributed by atoms with Gasteiger partial charge < -0.3 is 9.64 Å². The molecule has 1 aliphatic carbocycles. The number of aromatic nitrogens is 5. The van der Waals surface area contributed by atoms with Gasteiger partial charge in [-0.15, -0.1) is 5.10 Å². The summed E-state index contributed by atoms with van der Waals surface area (Å²) in [5, 5.41) is 4.53. The Balaban J connectivity index is 1.16. The first-order valence-corrected chi connectivity index (χ1v) is 9.46. The minimum Gasteiger partial charge on any atom is -0.476 e. The largest absolute Gasteiger partial charge is 0.476 e. The lowest BCUT2D eigenvalue weighted by molar-refractivity contribution is 0.213. The SMILES string of the molecule is Fc1cnc(N2CCC(COc3ccc4nc(C5CC5)cn4n3)CC2)nc1. The van der Waals surface area contributed by atoms with Gasteiger partial charge in [-0.1, -0.05) is 0 Å². The second-order valence-electron chi connectivity index (χ2n) is 7.36. The average Bonchev–Trinajstić information content (AvgIpc) is 3.47. The normalized spacial score (nSPS) is 18.2. The molecule has 1 aliphatic heterocycles. The molecule has 140 valence electrons. The van der Waals surface area contributed by atoms with Crippen molar-refractivity contribution in [3.05, 3.63) is 42.2 Å². The average molecular weight is 368 g/mol. The van der Waals surface area contributed by atoms with Gasteiger partial charge in [0.25, 0.3) is 0 Å². The monoisotopic (exact) mass is 368 g/mol. The molecule has 0 aromatic carbocycles. The summed E-state index contributed by atoms with van der Waals surface area (Å²) >= 11 is 0. The zero-order chi connectivity index (χ0) is 18.2. The molecule has 4 heterocycles. The van der Waals surface area contributed by atoms with E-state index in [1.54, 1.807) is 0 Å². The van der Waals surface area contributed by atoms with Gasteiger partial charge in [0, 0.05) is 25.1 Å². The number of ether oxygens (including phenoxy) is 1. The summed E-state index contributed by atoms with van der Waals surface area (Å²) in [6, 6.07) is 3.85. The van der Waals surface area contributed by atoms with Crippen LogP contribution in [0.25, 0.3) is 5.65 Å². The Hall–Kier alpha value is -2.77. The fourth-order valence-corrected chi connectivity index (χ4v) is 3.51. The van der Waals surface area contributed by atoms with E-state index in [9.17, 15) is 4.39 Å². The first kappa shape index (κ1) is 16.4. The molecule has 3 aromatic rings. The highest BCUT2D eigenvalue weighted by Gasteiger charge is 2.26. The molecule has 3 aromatic heterocycles. The second kappa shape index (κ2) is 6.75. The summed E-state index contributed by atoms with van der Waals surface area (Å²) in [4.78, 5) is 14.8. The van der Waals surface area contributed by atoms with Gasteiger partial charge in [-0.05, 0) is 37.7 Å². The fraction of sp³-hybridized carbons (Fsp3) is 0.474. The zero-order valence-corrected chi connectivity index (χ0v) is 15.0. The van der Waals surface area contributed by atoms with E-state index in [0.29, 0.717) is 30.3 Å². The summed E-state index contributed by atoms with van der Waals surface area (Å²) in [6.45, 7) is 2.33. The van der Waals surface area contributed by atoms with Crippen LogP contribution < -0.4 is 9.64 Å². The van der Waals surface area contributed by atoms with Crippen molar-refractivity contribution in [1.29, 1.82) is 0 Å². The number of halogens is 1. The number of nitrogens with zero attached hydrogens (tertiary/aromatic N) is 6. The van der Waals surface area contributed by atoms with Gasteiger partial charge in [-0.2, -0.15) is 0 Å². The Bertz CT molecular complexity index is 931. The predicted octanol–water partition coefficient (Wildman–Crippen LogP) is 2.83. The lowest BCUT2D eigenvalue weighted by Gasteiger charge is -2.31. The molecule has 2 fully saturated rings. The Kier molecular flexibility index (Phi) is 4.10. The van der Waals surface area contributed by atoms with Crippen LogP contribution in [0.2, 0.25) is 0 Å². The molecule has 0 spiro atoms. The van der Waals surface area contributed by atoms with Crippen LogP contribution in [0.1, 0.15) is 37.3 Å². The molecule has 7 nitrogen and oxygen atoms in total. The maximum Gasteiger partial charge on any atom is 0.231 e. The summed E-state index contributed by atoms with van der Waals surface area (Å²) in [6.07, 6.45) is 8.87. The van der Waals surface area contributed by atoms with Crippen molar-refractivity contribution in [2.75, 3.05) is 24.6 Å². The van der Waals surface area contributed by atoms with Crippen molar-refractivity contribution < 1.29 is 9.13 Å². The summed E-state index contributed by atoms with van der Waals surface area (Å²) in [5.74, 6) is 1.89. The molecule has 0 N–H and O–H groups in total. The molecule has 0 atom stereocenters. The minimum atomic E-state index is -0.409. The molecule has 0 amide bonds. The Labute approximate surface area is 156 Å². The highest BCUT2D eigenvalue weighted by Crippen LogP contribution is 2.39. The molecular weight excluding hydrogens is 347 g/mol. The molecular formula is C19H21FN6O. The van der Waals surface area contributed by atoms with E-state index in [4.69, 9.17) is 4.74 Å². The second-order valence-corrected chi connectivity index (χ2v) is 7.36. The summed E-state index contributed by atoms with van der Waals surface area (Å²) < 4.78 is 20.7. The van der Waals surface area contributed by atoms with Crippen molar-refractivity contribution >= 4 is 11.6 Å². The minimum absolute atomic E-state index is 0.409. The number of anilines is 1. The first-order valence-electron chi connectivity index (χ1n) is 9.46. The molecule has 1 saturated carbocycles. The molecule has 5 rings (SSSR count). The number of rotatable bonds is 5. The number of piperidine rings is 1. The maximum atomic E-state index is 12.9. The summed E-state index contributed by atoms with van der Waals surface area (Å²) in [5.41, 5.74) is 2.01. The van der Waals surface area contributed by atoms with Crippen LogP contribution in [-0.2, 0) is 0 Å². The molecule has 0 unspecified atom stereocenters. The molecule has 8 heteroatoms. The van der Waals surface area contributed by atoms with Crippen molar-refractivity contribution in [2.45, 2.75) is 31.6 Å². The van der Waals surface area contributed by atoms with Crippen LogP contribution in [0.4, 0.5) is 10.3 Å². The third-order valence-electron chi connectivity index (χ3n) is 5.28. The third-order valence-corrected chi connectivity index (χ3v) is 5.28. The molecule has 0 radical (unpaired) electrons. The van der Waals surface area contributed by atoms with Gasteiger partial charge in [-0.3, -0.25) is 0 Å². The lowest BCUT2D eigenvalue weighted by atomic mass is 9.98. The number of fused-ring (bicyclic) bond motifs is 1. The summed E-state index contributed by atoms with van der Waals surface area (Å²) in [7, 11) is 0. The van der Waals surface area contributed by atoms with Crippen molar-refractivity contribution in [2.24, 2.45) is 5.92 Å². The molecule has 27 heavy (non-hydrogen) atoms. The van der Waals surface area contributed by atoms with E-state index in [1.807, 2.05) is 22.8 Å². The molecule has 1 saturated heterocycles. The van der Waals surface area contributed by atoms with Crippen LogP contribution in [0.5, 0.6) is 5.88 Å². The van der Waals surface area contributed by atoms with E-state index in [1.165, 1.54) is 25.2 Å². The fourth-order valence-electron chi connectivity index (χ4n) is 3.51. The first-order chi connectivity index (χ1) is 13.2. The Morgan fingerprint density at radius 2 is 1.85 bits per heavy atom. The van der Waals surface area contributed by atoms with Crippen LogP contribution in [0.15, 0.2) is 30.7 Å². The van der Waals surface area contributed by atoms with E-state index in [0.717, 1.165) is 37.3 Å². The van der Waals surface area contributed by atoms with Crippen LogP contribution in [0, 0.1) is 11.7 Å². The number of imidazole rings is 1. The van der Waals surface area contributed by atoms with Gasteiger partial charge in [0.05, 0.1) is 30.9 Å². The highest BCUT2D eigenvalue weighted by atomic mass is 19.1. The Morgan fingerprint density at radius 3 is 2.59 bits per heavy atom. The highest BCUT2D eigenvalue weighted by molar-refractivity contribution is 5.41. The van der Waals surface area contributed by atoms with Gasteiger partial charge in [0.1, 0.15) is 0 Å². The van der Waals surface area contributed by atoms with Gasteiger partial charge in [0.15, 0.2) is 11.5 Å². The smallest absolute Gasteiger partial charge is 0.231 e. The van der Waals surface area contributed by atoms with E-state index in [2.05, 4.69) is 25.0 Å². The van der Waals surface area contributed by atoms with E-state index in [-0.39, 0.29) is 0 Å². The predicted molar refractivity (Wildman–Crippen MR) is 97.4 cm³/mol. The number of hydrogen-bond acceptors (Lipinski definition) is 6. The number of hydrogen-bond donors (Lipinski definition) is 0. The van der Waals surface area contributed by atoms with E-state index >= 15 is 0 Å². The van der Waals surface area contributed by atoms with E-state index < -0.39 is 5.82 Å². The lowest BCUT2D eigenvalue weighted by Crippen LogP contribution is -2.36. The van der Waals surface area contributed by atoms with Crippen molar-refractivity contribution in [3.8, 4) is 5.88 Å². The Morgan fingerprint density at radius 1 is 1.07 bits per heavy atom. The van der Waals surface area contributed by atoms with Crippen LogP contribution in [-0.4, -0.2) is 44.3 Å². The molecule has 2 aliphatic rings. The van der Waals surface area contributed by atoms with Crippen LogP contribution in [0.3, 0.4) is 0 Å². The van der Waals surface area contributed by atoms with Gasteiger partial charge in [0.2, 0.25) is 11.8 Å². The maximum absolute atomic E-state index is 12.9. The van der Waals surface area contributed by atoms with Crippen molar-refractivity contribution in [1.82, 2.24) is 24.6 Å².